The number of hydrogen-bond donors (Lipinski definition) is 1. The van der Waals surface area contributed by atoms with Crippen LogP contribution in [0.15, 0.2) is 48.8 Å². The molecule has 88 valence electrons. The number of anilines is 1. The summed E-state index contributed by atoms with van der Waals surface area (Å²) in [4.78, 5) is 12.4. The van der Waals surface area contributed by atoms with Gasteiger partial charge in [-0.25, -0.2) is 9.97 Å². The highest BCUT2D eigenvalue weighted by molar-refractivity contribution is 5.75. The Morgan fingerprint density at radius 1 is 0.944 bits per heavy atom. The molecular weight excluding hydrogens is 224 g/mol. The fourth-order valence-corrected chi connectivity index (χ4v) is 1.91. The van der Waals surface area contributed by atoms with Gasteiger partial charge in [0.2, 0.25) is 5.95 Å². The molecule has 0 aliphatic heterocycles. The van der Waals surface area contributed by atoms with E-state index in [2.05, 4.69) is 33.2 Å². The minimum atomic E-state index is 0.255. The highest BCUT2D eigenvalue weighted by Gasteiger charge is 2.01. The summed E-state index contributed by atoms with van der Waals surface area (Å²) in [5, 5.41) is 0.914. The van der Waals surface area contributed by atoms with E-state index in [-0.39, 0.29) is 5.95 Å². The molecule has 3 rings (SSSR count). The molecule has 0 bridgehead atoms. The highest BCUT2D eigenvalue weighted by atomic mass is 15.0. The minimum absolute atomic E-state index is 0.255. The Hall–Kier alpha value is -2.49. The number of nitrogens with zero attached hydrogens (tertiary/aromatic N) is 3. The van der Waals surface area contributed by atoms with Crippen molar-refractivity contribution in [2.24, 2.45) is 0 Å². The summed E-state index contributed by atoms with van der Waals surface area (Å²) in [6.45, 7) is 0. The van der Waals surface area contributed by atoms with E-state index in [0.717, 1.165) is 17.4 Å². The second-order valence-corrected chi connectivity index (χ2v) is 4.15. The van der Waals surface area contributed by atoms with Gasteiger partial charge in [0.05, 0.1) is 0 Å². The van der Waals surface area contributed by atoms with Crippen molar-refractivity contribution < 1.29 is 0 Å². The van der Waals surface area contributed by atoms with E-state index in [1.54, 1.807) is 6.20 Å². The van der Waals surface area contributed by atoms with Crippen LogP contribution in [-0.4, -0.2) is 15.0 Å². The molecule has 2 aromatic heterocycles. The number of nitrogen functional groups attached to an aromatic ring is 1. The number of nitrogens with two attached hydrogens (primary N) is 1. The maximum absolute atomic E-state index is 5.52. The van der Waals surface area contributed by atoms with Crippen LogP contribution in [0.2, 0.25) is 0 Å². The first-order valence-corrected chi connectivity index (χ1v) is 5.72. The van der Waals surface area contributed by atoms with E-state index in [0.29, 0.717) is 5.65 Å². The van der Waals surface area contributed by atoms with Gasteiger partial charge in [-0.2, -0.15) is 4.98 Å². The third kappa shape index (κ3) is 2.13. The molecular formula is C14H12N4. The maximum atomic E-state index is 5.52. The zero-order valence-electron chi connectivity index (χ0n) is 9.74. The van der Waals surface area contributed by atoms with Gasteiger partial charge in [0.25, 0.3) is 0 Å². The minimum Gasteiger partial charge on any atom is -0.368 e. The average molecular weight is 236 g/mol. The lowest BCUT2D eigenvalue weighted by Gasteiger charge is -2.03. The van der Waals surface area contributed by atoms with Gasteiger partial charge >= 0.3 is 0 Å². The molecule has 1 aromatic carbocycles. The van der Waals surface area contributed by atoms with Gasteiger partial charge in [0, 0.05) is 17.8 Å². The summed E-state index contributed by atoms with van der Waals surface area (Å²) in [5.41, 5.74) is 8.56. The normalized spacial score (nSPS) is 10.7. The van der Waals surface area contributed by atoms with Gasteiger partial charge in [-0.15, -0.1) is 0 Å². The van der Waals surface area contributed by atoms with Crippen LogP contribution in [0.5, 0.6) is 0 Å². The molecule has 0 fully saturated rings. The molecule has 0 atom stereocenters. The van der Waals surface area contributed by atoms with E-state index in [9.17, 15) is 0 Å². The Morgan fingerprint density at radius 2 is 1.78 bits per heavy atom. The molecule has 0 unspecified atom stereocenters. The molecule has 18 heavy (non-hydrogen) atoms. The molecule has 2 heterocycles. The summed E-state index contributed by atoms with van der Waals surface area (Å²) in [6, 6.07) is 12.3. The molecule has 4 nitrogen and oxygen atoms in total. The first-order chi connectivity index (χ1) is 8.81. The summed E-state index contributed by atoms with van der Waals surface area (Å²) in [6.07, 6.45) is 4.40. The predicted octanol–water partition coefficient (Wildman–Crippen LogP) is 2.20. The Kier molecular flexibility index (Phi) is 2.61. The highest BCUT2D eigenvalue weighted by Crippen LogP contribution is 2.14. The molecule has 0 radical (unpaired) electrons. The van der Waals surface area contributed by atoms with Crippen LogP contribution in [0.25, 0.3) is 11.0 Å². The zero-order chi connectivity index (χ0) is 12.4. The molecule has 0 saturated heterocycles. The lowest BCUT2D eigenvalue weighted by atomic mass is 10.1. The lowest BCUT2D eigenvalue weighted by Crippen LogP contribution is -1.97. The van der Waals surface area contributed by atoms with Crippen molar-refractivity contribution in [2.75, 3.05) is 5.73 Å². The van der Waals surface area contributed by atoms with Gasteiger partial charge in [-0.1, -0.05) is 30.3 Å². The fraction of sp³-hybridized carbons (Fsp3) is 0.0714. The van der Waals surface area contributed by atoms with Crippen LogP contribution >= 0.6 is 0 Å². The van der Waals surface area contributed by atoms with E-state index in [4.69, 9.17) is 5.73 Å². The second-order valence-electron chi connectivity index (χ2n) is 4.15. The fourth-order valence-electron chi connectivity index (χ4n) is 1.91. The molecule has 0 saturated carbocycles. The van der Waals surface area contributed by atoms with Crippen LogP contribution < -0.4 is 5.73 Å². The van der Waals surface area contributed by atoms with Gasteiger partial charge in [-0.05, 0) is 23.6 Å². The molecule has 0 aliphatic carbocycles. The van der Waals surface area contributed by atoms with E-state index in [1.807, 2.05) is 24.4 Å². The van der Waals surface area contributed by atoms with Crippen LogP contribution in [0.1, 0.15) is 11.1 Å². The predicted molar refractivity (Wildman–Crippen MR) is 71.0 cm³/mol. The van der Waals surface area contributed by atoms with Crippen molar-refractivity contribution in [1.82, 2.24) is 15.0 Å². The Balaban J connectivity index is 1.96. The van der Waals surface area contributed by atoms with Crippen molar-refractivity contribution in [2.45, 2.75) is 6.42 Å². The van der Waals surface area contributed by atoms with Crippen LogP contribution in [0.3, 0.4) is 0 Å². The SMILES string of the molecule is Nc1ncc2cc(Cc3ccccc3)cnc2n1. The van der Waals surface area contributed by atoms with E-state index < -0.39 is 0 Å². The van der Waals surface area contributed by atoms with E-state index in [1.165, 1.54) is 5.56 Å². The standard InChI is InChI=1S/C14H12N4/c15-14-17-9-12-7-11(8-16-13(12)18-14)6-10-4-2-1-3-5-10/h1-5,7-9H,6H2,(H2,15,16,17,18). The second kappa shape index (κ2) is 4.41. The van der Waals surface area contributed by atoms with Gasteiger partial charge in [-0.3, -0.25) is 0 Å². The smallest absolute Gasteiger partial charge is 0.222 e. The molecule has 3 aromatic rings. The largest absolute Gasteiger partial charge is 0.368 e. The van der Waals surface area contributed by atoms with Crippen molar-refractivity contribution in [3.05, 3.63) is 59.9 Å². The Labute approximate surface area is 105 Å². The van der Waals surface area contributed by atoms with Gasteiger partial charge in [0.15, 0.2) is 5.65 Å². The first kappa shape index (κ1) is 10.7. The molecule has 2 N–H and O–H groups in total. The quantitative estimate of drug-likeness (QED) is 0.740. The maximum Gasteiger partial charge on any atom is 0.222 e. The number of hydrogen-bond acceptors (Lipinski definition) is 4. The third-order valence-corrected chi connectivity index (χ3v) is 2.76. The molecule has 0 aliphatic rings. The molecule has 0 spiro atoms. The summed E-state index contributed by atoms with van der Waals surface area (Å²) in [7, 11) is 0. The number of aromatic nitrogens is 3. The summed E-state index contributed by atoms with van der Waals surface area (Å²) >= 11 is 0. The van der Waals surface area contributed by atoms with Gasteiger partial charge in [0.1, 0.15) is 0 Å². The molecule has 0 amide bonds. The zero-order valence-corrected chi connectivity index (χ0v) is 9.74. The first-order valence-electron chi connectivity index (χ1n) is 5.72. The lowest BCUT2D eigenvalue weighted by molar-refractivity contribution is 1.14. The van der Waals surface area contributed by atoms with Crippen LogP contribution in [0.4, 0.5) is 5.95 Å². The monoisotopic (exact) mass is 236 g/mol. The van der Waals surface area contributed by atoms with Crippen molar-refractivity contribution >= 4 is 17.0 Å². The number of benzene rings is 1. The average Bonchev–Trinajstić information content (AvgIpc) is 2.40. The Morgan fingerprint density at radius 3 is 2.61 bits per heavy atom. The summed E-state index contributed by atoms with van der Waals surface area (Å²) < 4.78 is 0. The Bertz CT molecular complexity index is 680. The van der Waals surface area contributed by atoms with Crippen molar-refractivity contribution in [1.29, 1.82) is 0 Å². The number of fused-ring (bicyclic) bond motifs is 1. The van der Waals surface area contributed by atoms with Crippen molar-refractivity contribution in [3.8, 4) is 0 Å². The molecule has 4 heteroatoms. The summed E-state index contributed by atoms with van der Waals surface area (Å²) in [5.74, 6) is 0.255. The van der Waals surface area contributed by atoms with E-state index >= 15 is 0 Å². The van der Waals surface area contributed by atoms with Crippen LogP contribution in [-0.2, 0) is 6.42 Å². The van der Waals surface area contributed by atoms with Crippen LogP contribution in [0, 0.1) is 0 Å². The third-order valence-electron chi connectivity index (χ3n) is 2.76. The van der Waals surface area contributed by atoms with Crippen molar-refractivity contribution in [3.63, 3.8) is 0 Å². The number of rotatable bonds is 2. The van der Waals surface area contributed by atoms with Gasteiger partial charge < -0.3 is 5.73 Å². The number of pyridine rings is 1. The topological polar surface area (TPSA) is 64.7 Å².